The molecule has 0 aliphatic rings. The number of esters is 3. The SMILES string of the molecule is CC/C=C\C/C=C\C/C=C\C/C=C\C/C=C\C/C=C\C/C=C\CCCC(=O)OCC(COC(=O)CCCCCCCCCCCCC)OC(=O)CCCCCCCCC/C=C\C/C=C\C/C=C\C/C=C\C/C=C\CC. The van der Waals surface area contributed by atoms with Crippen LogP contribution in [0.2, 0.25) is 0 Å². The van der Waals surface area contributed by atoms with Gasteiger partial charge in [0, 0.05) is 19.3 Å². The molecule has 0 radical (unpaired) electrons. The minimum Gasteiger partial charge on any atom is -0.462 e. The molecule has 0 heterocycles. The first-order valence-electron chi connectivity index (χ1n) is 30.3. The summed E-state index contributed by atoms with van der Waals surface area (Å²) in [6.45, 7) is 6.34. The van der Waals surface area contributed by atoms with Crippen LogP contribution in [0.25, 0.3) is 0 Å². The van der Waals surface area contributed by atoms with E-state index in [9.17, 15) is 14.4 Å². The highest BCUT2D eigenvalue weighted by molar-refractivity contribution is 5.71. The Labute approximate surface area is 461 Å². The van der Waals surface area contributed by atoms with E-state index in [0.29, 0.717) is 19.3 Å². The lowest BCUT2D eigenvalue weighted by atomic mass is 10.1. The van der Waals surface area contributed by atoms with E-state index in [0.717, 1.165) is 135 Å². The molecule has 0 rings (SSSR count). The lowest BCUT2D eigenvalue weighted by molar-refractivity contribution is -0.167. The van der Waals surface area contributed by atoms with Gasteiger partial charge in [0.15, 0.2) is 6.10 Å². The molecule has 0 aromatic rings. The third-order valence-electron chi connectivity index (χ3n) is 12.3. The highest BCUT2D eigenvalue weighted by Gasteiger charge is 2.19. The Bertz CT molecular complexity index is 1660. The summed E-state index contributed by atoms with van der Waals surface area (Å²) >= 11 is 0. The Morgan fingerprint density at radius 2 is 0.533 bits per heavy atom. The summed E-state index contributed by atoms with van der Waals surface area (Å²) < 4.78 is 16.8. The van der Waals surface area contributed by atoms with E-state index in [1.165, 1.54) is 70.6 Å². The number of rotatable bonds is 53. The molecular formula is C69H110O6. The predicted octanol–water partition coefficient (Wildman–Crippen LogP) is 20.8. The van der Waals surface area contributed by atoms with Crippen molar-refractivity contribution in [2.75, 3.05) is 13.2 Å². The van der Waals surface area contributed by atoms with E-state index >= 15 is 0 Å². The summed E-state index contributed by atoms with van der Waals surface area (Å²) in [4.78, 5) is 38.2. The molecule has 0 N–H and O–H groups in total. The van der Waals surface area contributed by atoms with Crippen LogP contribution in [-0.4, -0.2) is 37.2 Å². The Balaban J connectivity index is 4.47. The summed E-state index contributed by atoms with van der Waals surface area (Å²) in [5.41, 5.74) is 0. The molecule has 6 heteroatoms. The number of unbranched alkanes of at least 4 members (excludes halogenated alkanes) is 18. The maximum absolute atomic E-state index is 12.9. The molecule has 0 bridgehead atoms. The third kappa shape index (κ3) is 60.0. The second-order valence-electron chi connectivity index (χ2n) is 19.5. The molecule has 0 saturated heterocycles. The van der Waals surface area contributed by atoms with Gasteiger partial charge >= 0.3 is 17.9 Å². The van der Waals surface area contributed by atoms with E-state index in [1.807, 2.05) is 0 Å². The van der Waals surface area contributed by atoms with Crippen LogP contribution in [0.1, 0.15) is 252 Å². The number of carbonyl (C=O) groups is 3. The predicted molar refractivity (Wildman–Crippen MR) is 325 cm³/mol. The largest absolute Gasteiger partial charge is 0.462 e. The van der Waals surface area contributed by atoms with E-state index in [-0.39, 0.29) is 37.5 Å². The maximum atomic E-state index is 12.9. The summed E-state index contributed by atoms with van der Waals surface area (Å²) in [7, 11) is 0. The van der Waals surface area contributed by atoms with Crippen molar-refractivity contribution in [3.05, 3.63) is 146 Å². The topological polar surface area (TPSA) is 78.9 Å². The van der Waals surface area contributed by atoms with Crippen LogP contribution >= 0.6 is 0 Å². The zero-order valence-corrected chi connectivity index (χ0v) is 48.3. The van der Waals surface area contributed by atoms with Gasteiger partial charge in [0.1, 0.15) is 13.2 Å². The van der Waals surface area contributed by atoms with Crippen molar-refractivity contribution in [2.45, 2.75) is 258 Å². The van der Waals surface area contributed by atoms with Crippen LogP contribution < -0.4 is 0 Å². The lowest BCUT2D eigenvalue weighted by Crippen LogP contribution is -2.30. The molecule has 0 fully saturated rings. The molecular weight excluding hydrogens is 925 g/mol. The van der Waals surface area contributed by atoms with Gasteiger partial charge in [0.05, 0.1) is 0 Å². The van der Waals surface area contributed by atoms with Crippen molar-refractivity contribution in [1.82, 2.24) is 0 Å². The highest BCUT2D eigenvalue weighted by Crippen LogP contribution is 2.14. The average molecular weight is 1040 g/mol. The van der Waals surface area contributed by atoms with Gasteiger partial charge < -0.3 is 14.2 Å². The first-order chi connectivity index (χ1) is 37.0. The van der Waals surface area contributed by atoms with E-state index in [2.05, 4.69) is 167 Å². The summed E-state index contributed by atoms with van der Waals surface area (Å²) in [5.74, 6) is -0.981. The Hall–Kier alpha value is -4.71. The van der Waals surface area contributed by atoms with Crippen LogP contribution in [0.4, 0.5) is 0 Å². The second kappa shape index (κ2) is 61.8. The van der Waals surface area contributed by atoms with Gasteiger partial charge in [-0.1, -0.05) is 263 Å². The Kier molecular flexibility index (Phi) is 58.0. The van der Waals surface area contributed by atoms with Crippen molar-refractivity contribution in [3.8, 4) is 0 Å². The molecule has 0 aliphatic carbocycles. The Morgan fingerprint density at radius 3 is 0.867 bits per heavy atom. The number of hydrogen-bond acceptors (Lipinski definition) is 6. The normalized spacial score (nSPS) is 13.2. The van der Waals surface area contributed by atoms with E-state index in [1.54, 1.807) is 0 Å². The quantitative estimate of drug-likeness (QED) is 0.0261. The van der Waals surface area contributed by atoms with Crippen LogP contribution in [0.5, 0.6) is 0 Å². The van der Waals surface area contributed by atoms with Gasteiger partial charge in [-0.05, 0) is 116 Å². The molecule has 422 valence electrons. The van der Waals surface area contributed by atoms with Crippen molar-refractivity contribution in [2.24, 2.45) is 0 Å². The second-order valence-corrected chi connectivity index (χ2v) is 19.5. The molecule has 0 saturated carbocycles. The highest BCUT2D eigenvalue weighted by atomic mass is 16.6. The van der Waals surface area contributed by atoms with Gasteiger partial charge in [-0.3, -0.25) is 14.4 Å². The molecule has 0 aliphatic heterocycles. The zero-order valence-electron chi connectivity index (χ0n) is 48.3. The van der Waals surface area contributed by atoms with Crippen LogP contribution in [-0.2, 0) is 28.6 Å². The average Bonchev–Trinajstić information content (AvgIpc) is 3.41. The molecule has 0 aromatic heterocycles. The molecule has 0 spiro atoms. The third-order valence-corrected chi connectivity index (χ3v) is 12.3. The number of hydrogen-bond donors (Lipinski definition) is 0. The monoisotopic (exact) mass is 1030 g/mol. The van der Waals surface area contributed by atoms with Crippen molar-refractivity contribution in [1.29, 1.82) is 0 Å². The smallest absolute Gasteiger partial charge is 0.306 e. The Morgan fingerprint density at radius 1 is 0.280 bits per heavy atom. The van der Waals surface area contributed by atoms with E-state index in [4.69, 9.17) is 14.2 Å². The van der Waals surface area contributed by atoms with Crippen molar-refractivity contribution in [3.63, 3.8) is 0 Å². The summed E-state index contributed by atoms with van der Waals surface area (Å²) in [5, 5.41) is 0. The minimum absolute atomic E-state index is 0.104. The maximum Gasteiger partial charge on any atom is 0.306 e. The molecule has 0 aromatic carbocycles. The first-order valence-corrected chi connectivity index (χ1v) is 30.3. The standard InChI is InChI=1S/C69H110O6/c1-4-7-10-13-16-19-22-24-26-28-30-32-34-36-38-40-42-44-47-50-53-56-59-62-68(71)74-65-66(64-73-67(70)61-58-55-52-49-46-21-18-15-12-9-6-3)75-69(72)63-60-57-54-51-48-45-43-41-39-37-35-33-31-29-27-25-23-20-17-14-11-8-5-2/h7-8,10-11,16-17,19-20,24-27,30-33,36-39,42,44,50,53,66H,4-6,9,12-15,18,21-23,28-29,34-35,40-41,43,45-49,51-52,54-65H2,1-3H3/b10-7-,11-8-,19-16-,20-17-,26-24-,27-25-,32-30-,33-31-,38-36-,39-37-,44-42-,53-50-. The van der Waals surface area contributed by atoms with Crippen LogP contribution in [0.3, 0.4) is 0 Å². The molecule has 75 heavy (non-hydrogen) atoms. The van der Waals surface area contributed by atoms with Crippen LogP contribution in [0, 0.1) is 0 Å². The van der Waals surface area contributed by atoms with Crippen LogP contribution in [0.15, 0.2) is 146 Å². The van der Waals surface area contributed by atoms with Gasteiger partial charge in [-0.25, -0.2) is 0 Å². The fraction of sp³-hybridized carbons (Fsp3) is 0.609. The lowest BCUT2D eigenvalue weighted by Gasteiger charge is -2.18. The van der Waals surface area contributed by atoms with Crippen molar-refractivity contribution >= 4 is 17.9 Å². The molecule has 1 atom stereocenters. The zero-order chi connectivity index (χ0) is 54.3. The fourth-order valence-electron chi connectivity index (χ4n) is 7.87. The number of ether oxygens (including phenoxy) is 3. The molecule has 6 nitrogen and oxygen atoms in total. The number of allylic oxidation sites excluding steroid dienone is 24. The van der Waals surface area contributed by atoms with E-state index < -0.39 is 6.10 Å². The van der Waals surface area contributed by atoms with Gasteiger partial charge in [0.25, 0.3) is 0 Å². The molecule has 0 amide bonds. The summed E-state index contributed by atoms with van der Waals surface area (Å²) in [6, 6.07) is 0. The fourth-order valence-corrected chi connectivity index (χ4v) is 7.87. The first kappa shape index (κ1) is 70.3. The van der Waals surface area contributed by atoms with Gasteiger partial charge in [0.2, 0.25) is 0 Å². The minimum atomic E-state index is -0.813. The van der Waals surface area contributed by atoms with Crippen molar-refractivity contribution < 1.29 is 28.6 Å². The van der Waals surface area contributed by atoms with Gasteiger partial charge in [-0.2, -0.15) is 0 Å². The summed E-state index contributed by atoms with van der Waals surface area (Å²) in [6.07, 6.45) is 88.5. The number of carbonyl (C=O) groups excluding carboxylic acids is 3. The molecule has 1 unspecified atom stereocenters. The van der Waals surface area contributed by atoms with Gasteiger partial charge in [-0.15, -0.1) is 0 Å².